The number of nitrogens with one attached hydrogen (secondary N) is 1. The van der Waals surface area contributed by atoms with E-state index in [2.05, 4.69) is 15.2 Å². The molecular formula is C17H20FN3S. The van der Waals surface area contributed by atoms with Gasteiger partial charge in [-0.3, -0.25) is 4.99 Å². The molecular weight excluding hydrogens is 297 g/mol. The zero-order valence-corrected chi connectivity index (χ0v) is 13.3. The van der Waals surface area contributed by atoms with Gasteiger partial charge in [0.25, 0.3) is 0 Å². The van der Waals surface area contributed by atoms with E-state index in [0.717, 1.165) is 43.0 Å². The van der Waals surface area contributed by atoms with Gasteiger partial charge in [-0.15, -0.1) is 0 Å². The van der Waals surface area contributed by atoms with Crippen LogP contribution in [0.3, 0.4) is 0 Å². The number of dihydropyridines is 1. The van der Waals surface area contributed by atoms with Crippen molar-refractivity contribution in [1.29, 1.82) is 0 Å². The van der Waals surface area contributed by atoms with E-state index in [1.165, 1.54) is 31.4 Å². The van der Waals surface area contributed by atoms with Crippen LogP contribution < -0.4 is 10.2 Å². The molecule has 1 N–H and O–H groups in total. The van der Waals surface area contributed by atoms with Crippen LogP contribution in [0.1, 0.15) is 25.7 Å². The van der Waals surface area contributed by atoms with Crippen LogP contribution in [0.4, 0.5) is 15.8 Å². The fourth-order valence-corrected chi connectivity index (χ4v) is 3.18. The molecule has 1 fully saturated rings. The standard InChI is InChI=1S/C17H20FN3S/c18-14-4-5-16(21-10-2-1-3-11-21)15(12-14)20-17(22)13-6-8-19-9-7-13/h4-6,8,12H,1-3,7,9-11H2,(H,20,22). The Labute approximate surface area is 135 Å². The van der Waals surface area contributed by atoms with Gasteiger partial charge in [0.1, 0.15) is 10.8 Å². The minimum atomic E-state index is -0.245. The maximum atomic E-state index is 13.7. The lowest BCUT2D eigenvalue weighted by molar-refractivity contribution is 0.577. The molecule has 0 aliphatic carbocycles. The van der Waals surface area contributed by atoms with E-state index in [-0.39, 0.29) is 5.82 Å². The third-order valence-electron chi connectivity index (χ3n) is 4.09. The van der Waals surface area contributed by atoms with E-state index in [1.54, 1.807) is 6.21 Å². The molecule has 2 aliphatic heterocycles. The van der Waals surface area contributed by atoms with Gasteiger partial charge >= 0.3 is 0 Å². The molecule has 22 heavy (non-hydrogen) atoms. The first-order valence-electron chi connectivity index (χ1n) is 7.79. The molecule has 116 valence electrons. The molecule has 5 heteroatoms. The Hall–Kier alpha value is -1.75. The average Bonchev–Trinajstić information content (AvgIpc) is 2.56. The summed E-state index contributed by atoms with van der Waals surface area (Å²) in [7, 11) is 0. The summed E-state index contributed by atoms with van der Waals surface area (Å²) in [5, 5.41) is 3.24. The first-order chi connectivity index (χ1) is 10.7. The van der Waals surface area contributed by atoms with Crippen molar-refractivity contribution in [3.8, 4) is 0 Å². The highest BCUT2D eigenvalue weighted by molar-refractivity contribution is 7.81. The molecule has 0 spiro atoms. The van der Waals surface area contributed by atoms with Crippen molar-refractivity contribution in [3.63, 3.8) is 0 Å². The van der Waals surface area contributed by atoms with Crippen molar-refractivity contribution in [2.24, 2.45) is 4.99 Å². The first kappa shape index (κ1) is 15.2. The van der Waals surface area contributed by atoms with Crippen LogP contribution in [-0.4, -0.2) is 30.8 Å². The number of piperidine rings is 1. The van der Waals surface area contributed by atoms with Gasteiger partial charge in [-0.25, -0.2) is 4.39 Å². The van der Waals surface area contributed by atoms with Crippen molar-refractivity contribution in [1.82, 2.24) is 0 Å². The SMILES string of the molecule is Fc1ccc(N2CCCCC2)c(NC(=S)C2=CC=NCC2)c1. The van der Waals surface area contributed by atoms with E-state index in [4.69, 9.17) is 12.2 Å². The summed E-state index contributed by atoms with van der Waals surface area (Å²) in [5.41, 5.74) is 2.85. The number of thiocarbonyl (C=S) groups is 1. The van der Waals surface area contributed by atoms with Crippen molar-refractivity contribution < 1.29 is 4.39 Å². The smallest absolute Gasteiger partial charge is 0.125 e. The summed E-state index contributed by atoms with van der Waals surface area (Å²) in [6.07, 6.45) is 8.18. The molecule has 0 bridgehead atoms. The molecule has 0 saturated carbocycles. The maximum Gasteiger partial charge on any atom is 0.125 e. The predicted molar refractivity (Wildman–Crippen MR) is 94.7 cm³/mol. The lowest BCUT2D eigenvalue weighted by Gasteiger charge is -2.31. The molecule has 2 heterocycles. The molecule has 0 radical (unpaired) electrons. The molecule has 1 saturated heterocycles. The number of hydrogen-bond donors (Lipinski definition) is 1. The molecule has 0 aromatic heterocycles. The van der Waals surface area contributed by atoms with E-state index >= 15 is 0 Å². The van der Waals surface area contributed by atoms with Crippen molar-refractivity contribution >= 4 is 34.8 Å². The summed E-state index contributed by atoms with van der Waals surface area (Å²) in [4.78, 5) is 7.14. The second-order valence-electron chi connectivity index (χ2n) is 5.66. The van der Waals surface area contributed by atoms with Crippen LogP contribution in [0.5, 0.6) is 0 Å². The Morgan fingerprint density at radius 2 is 2.05 bits per heavy atom. The van der Waals surface area contributed by atoms with Gasteiger partial charge in [-0.1, -0.05) is 12.2 Å². The lowest BCUT2D eigenvalue weighted by Crippen LogP contribution is -2.30. The number of allylic oxidation sites excluding steroid dienone is 1. The molecule has 0 unspecified atom stereocenters. The number of benzene rings is 1. The Balaban J connectivity index is 1.82. The normalized spacial score (nSPS) is 18.0. The molecule has 2 aliphatic rings. The van der Waals surface area contributed by atoms with Crippen LogP contribution in [-0.2, 0) is 0 Å². The van der Waals surface area contributed by atoms with Crippen molar-refractivity contribution in [2.45, 2.75) is 25.7 Å². The number of rotatable bonds is 3. The minimum absolute atomic E-state index is 0.245. The van der Waals surface area contributed by atoms with Gasteiger partial charge in [0.2, 0.25) is 0 Å². The molecule has 0 amide bonds. The molecule has 3 nitrogen and oxygen atoms in total. The van der Waals surface area contributed by atoms with Crippen LogP contribution in [0.15, 0.2) is 34.8 Å². The number of aliphatic imine (C=N–C) groups is 1. The Morgan fingerprint density at radius 3 is 2.77 bits per heavy atom. The lowest BCUT2D eigenvalue weighted by atomic mass is 10.1. The predicted octanol–water partition coefficient (Wildman–Crippen LogP) is 3.96. The van der Waals surface area contributed by atoms with E-state index in [1.807, 2.05) is 12.1 Å². The second kappa shape index (κ2) is 7.01. The van der Waals surface area contributed by atoms with Crippen LogP contribution in [0.2, 0.25) is 0 Å². The van der Waals surface area contributed by atoms with Crippen LogP contribution >= 0.6 is 12.2 Å². The van der Waals surface area contributed by atoms with Crippen molar-refractivity contribution in [3.05, 3.63) is 35.7 Å². The van der Waals surface area contributed by atoms with Crippen LogP contribution in [0, 0.1) is 5.82 Å². The van der Waals surface area contributed by atoms with E-state index in [9.17, 15) is 4.39 Å². The average molecular weight is 317 g/mol. The largest absolute Gasteiger partial charge is 0.370 e. The Bertz CT molecular complexity index is 618. The van der Waals surface area contributed by atoms with Gasteiger partial charge in [0, 0.05) is 25.8 Å². The van der Waals surface area contributed by atoms with Gasteiger partial charge in [-0.2, -0.15) is 0 Å². The second-order valence-corrected chi connectivity index (χ2v) is 6.07. The van der Waals surface area contributed by atoms with Gasteiger partial charge in [0.15, 0.2) is 0 Å². The third-order valence-corrected chi connectivity index (χ3v) is 4.45. The number of anilines is 2. The Morgan fingerprint density at radius 1 is 1.23 bits per heavy atom. The summed E-state index contributed by atoms with van der Waals surface area (Å²) in [6.45, 7) is 2.79. The fourth-order valence-electron chi connectivity index (χ4n) is 2.90. The molecule has 0 atom stereocenters. The first-order valence-corrected chi connectivity index (χ1v) is 8.20. The third kappa shape index (κ3) is 3.53. The van der Waals surface area contributed by atoms with E-state index in [0.29, 0.717) is 4.99 Å². The minimum Gasteiger partial charge on any atom is -0.370 e. The van der Waals surface area contributed by atoms with Gasteiger partial charge in [-0.05, 0) is 55.5 Å². The number of hydrogen-bond acceptors (Lipinski definition) is 3. The van der Waals surface area contributed by atoms with E-state index < -0.39 is 0 Å². The summed E-state index contributed by atoms with van der Waals surface area (Å²) < 4.78 is 13.7. The quantitative estimate of drug-likeness (QED) is 0.855. The molecule has 3 rings (SSSR count). The monoisotopic (exact) mass is 317 g/mol. The van der Waals surface area contributed by atoms with Gasteiger partial charge < -0.3 is 10.2 Å². The highest BCUT2D eigenvalue weighted by atomic mass is 32.1. The highest BCUT2D eigenvalue weighted by Crippen LogP contribution is 2.30. The fraction of sp³-hybridized carbons (Fsp3) is 0.412. The van der Waals surface area contributed by atoms with Gasteiger partial charge in [0.05, 0.1) is 11.4 Å². The number of halogens is 1. The summed E-state index contributed by atoms with van der Waals surface area (Å²) in [6, 6.07) is 4.90. The zero-order valence-electron chi connectivity index (χ0n) is 12.5. The summed E-state index contributed by atoms with van der Waals surface area (Å²) in [5.74, 6) is -0.245. The van der Waals surface area contributed by atoms with Crippen LogP contribution in [0.25, 0.3) is 0 Å². The molecule has 1 aromatic carbocycles. The summed E-state index contributed by atoms with van der Waals surface area (Å²) >= 11 is 5.48. The highest BCUT2D eigenvalue weighted by Gasteiger charge is 2.17. The number of nitrogens with zero attached hydrogens (tertiary/aromatic N) is 2. The zero-order chi connectivity index (χ0) is 15.4. The van der Waals surface area contributed by atoms with Crippen molar-refractivity contribution in [2.75, 3.05) is 29.9 Å². The Kier molecular flexibility index (Phi) is 4.83. The topological polar surface area (TPSA) is 27.6 Å². The molecule has 1 aromatic rings. The maximum absolute atomic E-state index is 13.7.